The van der Waals surface area contributed by atoms with Gasteiger partial charge in [0.15, 0.2) is 0 Å². The third kappa shape index (κ3) is 3.13. The van der Waals surface area contributed by atoms with E-state index >= 15 is 0 Å². The average molecular weight is 313 g/mol. The van der Waals surface area contributed by atoms with Gasteiger partial charge in [0.25, 0.3) is 5.92 Å². The zero-order valence-corrected chi connectivity index (χ0v) is 12.7. The van der Waals surface area contributed by atoms with Crippen molar-refractivity contribution in [3.8, 4) is 0 Å². The minimum Gasteiger partial charge on any atom is -0.466 e. The monoisotopic (exact) mass is 313 g/mol. The maximum absolute atomic E-state index is 13.0. The molecule has 2 aliphatic rings. The SMILES string of the molecule is CCOC(=O)CCC1CCc2c(nnn2C2CC(F)(F)C2)C1. The van der Waals surface area contributed by atoms with Crippen molar-refractivity contribution < 1.29 is 18.3 Å². The molecule has 0 aliphatic heterocycles. The molecule has 1 unspecified atom stereocenters. The van der Waals surface area contributed by atoms with Crippen LogP contribution in [0, 0.1) is 5.92 Å². The Morgan fingerprint density at radius 1 is 1.45 bits per heavy atom. The molecule has 0 amide bonds. The Labute approximate surface area is 128 Å². The molecule has 0 spiro atoms. The minimum absolute atomic E-state index is 0.130. The molecule has 1 heterocycles. The van der Waals surface area contributed by atoms with Crippen molar-refractivity contribution in [1.29, 1.82) is 0 Å². The lowest BCUT2D eigenvalue weighted by Crippen LogP contribution is -2.38. The normalized spacial score (nSPS) is 23.7. The molecule has 22 heavy (non-hydrogen) atoms. The van der Waals surface area contributed by atoms with Gasteiger partial charge >= 0.3 is 5.97 Å². The summed E-state index contributed by atoms with van der Waals surface area (Å²) < 4.78 is 32.7. The number of hydrogen-bond donors (Lipinski definition) is 0. The first kappa shape index (κ1) is 15.4. The topological polar surface area (TPSA) is 57.0 Å². The van der Waals surface area contributed by atoms with Crippen LogP contribution in [-0.2, 0) is 22.4 Å². The number of fused-ring (bicyclic) bond motifs is 1. The second-order valence-corrected chi connectivity index (χ2v) is 6.30. The lowest BCUT2D eigenvalue weighted by Gasteiger charge is -2.36. The molecule has 1 atom stereocenters. The first-order chi connectivity index (χ1) is 10.5. The van der Waals surface area contributed by atoms with Crippen LogP contribution in [0.2, 0.25) is 0 Å². The smallest absolute Gasteiger partial charge is 0.305 e. The molecule has 0 N–H and O–H groups in total. The number of esters is 1. The van der Waals surface area contributed by atoms with Crippen LogP contribution in [0.3, 0.4) is 0 Å². The van der Waals surface area contributed by atoms with Crippen LogP contribution < -0.4 is 0 Å². The summed E-state index contributed by atoms with van der Waals surface area (Å²) in [6.07, 6.45) is 3.48. The third-order valence-electron chi connectivity index (χ3n) is 4.62. The number of carbonyl (C=O) groups excluding carboxylic acids is 1. The van der Waals surface area contributed by atoms with E-state index in [2.05, 4.69) is 10.3 Å². The zero-order chi connectivity index (χ0) is 15.7. The Kier molecular flexibility index (Phi) is 4.14. The maximum atomic E-state index is 13.0. The Balaban J connectivity index is 1.56. The van der Waals surface area contributed by atoms with Crippen LogP contribution in [0.25, 0.3) is 0 Å². The van der Waals surface area contributed by atoms with Gasteiger partial charge in [-0.15, -0.1) is 5.10 Å². The summed E-state index contributed by atoms with van der Waals surface area (Å²) in [5.74, 6) is -2.31. The van der Waals surface area contributed by atoms with Crippen molar-refractivity contribution in [2.24, 2.45) is 5.92 Å². The summed E-state index contributed by atoms with van der Waals surface area (Å²) >= 11 is 0. The van der Waals surface area contributed by atoms with Gasteiger partial charge in [0, 0.05) is 19.3 Å². The maximum Gasteiger partial charge on any atom is 0.305 e. The summed E-state index contributed by atoms with van der Waals surface area (Å²) in [5.41, 5.74) is 1.92. The van der Waals surface area contributed by atoms with Gasteiger partial charge in [-0.05, 0) is 38.5 Å². The standard InChI is InChI=1S/C15H21F2N3O2/c1-2-22-14(21)6-4-10-3-5-13-12(7-10)18-19-20(13)11-8-15(16,17)9-11/h10-11H,2-9H2,1H3. The van der Waals surface area contributed by atoms with E-state index in [-0.39, 0.29) is 24.9 Å². The fraction of sp³-hybridized carbons (Fsp3) is 0.800. The van der Waals surface area contributed by atoms with Gasteiger partial charge in [0.05, 0.1) is 24.0 Å². The molecular formula is C15H21F2N3O2. The highest BCUT2D eigenvalue weighted by atomic mass is 19.3. The lowest BCUT2D eigenvalue weighted by atomic mass is 9.84. The van der Waals surface area contributed by atoms with Crippen molar-refractivity contribution in [2.45, 2.75) is 63.8 Å². The number of alkyl halides is 2. The molecule has 7 heteroatoms. The molecule has 3 rings (SSSR count). The van der Waals surface area contributed by atoms with E-state index in [9.17, 15) is 13.6 Å². The van der Waals surface area contributed by atoms with Crippen LogP contribution in [0.1, 0.15) is 56.5 Å². The molecule has 0 saturated heterocycles. The molecule has 122 valence electrons. The van der Waals surface area contributed by atoms with Crippen molar-refractivity contribution in [2.75, 3.05) is 6.61 Å². The molecule has 0 aromatic carbocycles. The van der Waals surface area contributed by atoms with Gasteiger partial charge in [-0.3, -0.25) is 4.79 Å². The van der Waals surface area contributed by atoms with Crippen LogP contribution in [0.15, 0.2) is 0 Å². The summed E-state index contributed by atoms with van der Waals surface area (Å²) in [6.45, 7) is 2.21. The number of halogens is 2. The fourth-order valence-electron chi connectivity index (χ4n) is 3.38. The second-order valence-electron chi connectivity index (χ2n) is 6.30. The molecule has 5 nitrogen and oxygen atoms in total. The Hall–Kier alpha value is -1.53. The summed E-state index contributed by atoms with van der Waals surface area (Å²) in [6, 6.07) is -0.206. The van der Waals surface area contributed by atoms with Crippen LogP contribution in [0.5, 0.6) is 0 Å². The summed E-state index contributed by atoms with van der Waals surface area (Å²) in [7, 11) is 0. The molecule has 1 aromatic heterocycles. The van der Waals surface area contributed by atoms with Crippen LogP contribution in [-0.4, -0.2) is 33.5 Å². The predicted molar refractivity (Wildman–Crippen MR) is 74.6 cm³/mol. The minimum atomic E-state index is -2.54. The summed E-state index contributed by atoms with van der Waals surface area (Å²) in [5, 5.41) is 8.26. The number of aromatic nitrogens is 3. The van der Waals surface area contributed by atoms with E-state index in [0.717, 1.165) is 37.1 Å². The Bertz CT molecular complexity index is 551. The molecule has 0 bridgehead atoms. The molecule has 0 radical (unpaired) electrons. The number of nitrogens with zero attached hydrogens (tertiary/aromatic N) is 3. The van der Waals surface area contributed by atoms with Gasteiger partial charge in [-0.1, -0.05) is 5.21 Å². The van der Waals surface area contributed by atoms with Gasteiger partial charge < -0.3 is 4.74 Å². The Morgan fingerprint density at radius 3 is 2.91 bits per heavy atom. The van der Waals surface area contributed by atoms with Crippen molar-refractivity contribution in [3.05, 3.63) is 11.4 Å². The zero-order valence-electron chi connectivity index (χ0n) is 12.7. The van der Waals surface area contributed by atoms with Gasteiger partial charge in [0.1, 0.15) is 0 Å². The van der Waals surface area contributed by atoms with Crippen LogP contribution >= 0.6 is 0 Å². The Morgan fingerprint density at radius 2 is 2.23 bits per heavy atom. The van der Waals surface area contributed by atoms with Crippen LogP contribution in [0.4, 0.5) is 8.78 Å². The van der Waals surface area contributed by atoms with Gasteiger partial charge in [0.2, 0.25) is 0 Å². The highest BCUT2D eigenvalue weighted by molar-refractivity contribution is 5.69. The molecule has 1 aromatic rings. The van der Waals surface area contributed by atoms with Gasteiger partial charge in [-0.2, -0.15) is 0 Å². The second kappa shape index (κ2) is 5.93. The van der Waals surface area contributed by atoms with Crippen molar-refractivity contribution in [1.82, 2.24) is 15.0 Å². The van der Waals surface area contributed by atoms with E-state index in [0.29, 0.717) is 18.9 Å². The van der Waals surface area contributed by atoms with Gasteiger partial charge in [-0.25, -0.2) is 13.5 Å². The van der Waals surface area contributed by atoms with E-state index in [1.165, 1.54) is 0 Å². The largest absolute Gasteiger partial charge is 0.466 e. The fourth-order valence-corrected chi connectivity index (χ4v) is 3.38. The molecule has 1 saturated carbocycles. The first-order valence-corrected chi connectivity index (χ1v) is 7.95. The van der Waals surface area contributed by atoms with E-state index in [1.807, 2.05) is 0 Å². The first-order valence-electron chi connectivity index (χ1n) is 7.95. The third-order valence-corrected chi connectivity index (χ3v) is 4.62. The van der Waals surface area contributed by atoms with Crippen molar-refractivity contribution in [3.63, 3.8) is 0 Å². The van der Waals surface area contributed by atoms with E-state index in [1.54, 1.807) is 11.6 Å². The molecular weight excluding hydrogens is 292 g/mol. The number of hydrogen-bond acceptors (Lipinski definition) is 4. The number of rotatable bonds is 5. The molecule has 1 fully saturated rings. The summed E-state index contributed by atoms with van der Waals surface area (Å²) in [4.78, 5) is 11.4. The quantitative estimate of drug-likeness (QED) is 0.784. The van der Waals surface area contributed by atoms with E-state index < -0.39 is 5.92 Å². The molecule has 2 aliphatic carbocycles. The highest BCUT2D eigenvalue weighted by Crippen LogP contribution is 2.46. The average Bonchev–Trinajstić information content (AvgIpc) is 2.85. The highest BCUT2D eigenvalue weighted by Gasteiger charge is 2.47. The number of carbonyl (C=O) groups is 1. The lowest BCUT2D eigenvalue weighted by molar-refractivity contribution is -0.143. The van der Waals surface area contributed by atoms with Crippen molar-refractivity contribution >= 4 is 5.97 Å². The number of ether oxygens (including phenoxy) is 1. The predicted octanol–water partition coefficient (Wildman–Crippen LogP) is 2.70. The van der Waals surface area contributed by atoms with E-state index in [4.69, 9.17) is 4.74 Å².